The van der Waals surface area contributed by atoms with Gasteiger partial charge in [-0.3, -0.25) is 23.9 Å². The molecule has 0 atom stereocenters. The first-order chi connectivity index (χ1) is 38.4. The van der Waals surface area contributed by atoms with Gasteiger partial charge in [0, 0.05) is 66.9 Å². The van der Waals surface area contributed by atoms with Crippen molar-refractivity contribution in [2.75, 3.05) is 19.5 Å². The second kappa shape index (κ2) is 24.4. The summed E-state index contributed by atoms with van der Waals surface area (Å²) in [7, 11) is 0.673. The predicted octanol–water partition coefficient (Wildman–Crippen LogP) is 14.3. The van der Waals surface area contributed by atoms with E-state index in [1.165, 1.54) is 48.5 Å². The van der Waals surface area contributed by atoms with Gasteiger partial charge in [0.15, 0.2) is 51.9 Å². The minimum atomic E-state index is -1.00. The molecule has 10 rings (SSSR count). The lowest BCUT2D eigenvalue weighted by Crippen LogP contribution is -2.13. The SMILES string of the molecule is CNc1c(C(=O)Cc2ccc(Oc3ccnc4cc(C)c(C)nc34)c(F)c2)nnc(C)c1-c1ccc(F)cc1.Cc1cc2nccc(Oc3ccc(CC(=O)c4nnc(C)c(-c5ccc(F)cc5)c4Cl)cc3F)c2nc1C.[2H]CF. The number of ketones is 2. The van der Waals surface area contributed by atoms with Gasteiger partial charge in [-0.15, -0.1) is 10.2 Å². The van der Waals surface area contributed by atoms with Gasteiger partial charge in [-0.05, 0) is 136 Å². The van der Waals surface area contributed by atoms with Crippen LogP contribution in [0.5, 0.6) is 23.0 Å². The van der Waals surface area contributed by atoms with Crippen LogP contribution >= 0.6 is 11.6 Å². The smallest absolute Gasteiger partial charge is 0.189 e. The molecular weight excluding hydrogens is 1040 g/mol. The minimum Gasteiger partial charge on any atom is -0.452 e. The molecule has 4 aromatic carbocycles. The average Bonchev–Trinajstić information content (AvgIpc) is 3.43. The van der Waals surface area contributed by atoms with Gasteiger partial charge < -0.3 is 14.8 Å². The number of hydrogen-bond acceptors (Lipinski definition) is 13. The molecule has 0 aliphatic rings. The van der Waals surface area contributed by atoms with E-state index in [-0.39, 0.29) is 52.4 Å². The van der Waals surface area contributed by atoms with Gasteiger partial charge in [-0.1, -0.05) is 48.0 Å². The molecule has 19 heteroatoms. The van der Waals surface area contributed by atoms with Crippen molar-refractivity contribution in [2.45, 2.75) is 54.4 Å². The Morgan fingerprint density at radius 3 is 1.41 bits per heavy atom. The zero-order valence-corrected chi connectivity index (χ0v) is 44.4. The monoisotopic (exact) mass is 1090 g/mol. The summed E-state index contributed by atoms with van der Waals surface area (Å²) in [6.07, 6.45) is 2.90. The summed E-state index contributed by atoms with van der Waals surface area (Å²) in [6, 6.07) is 27.3. The Balaban J connectivity index is 0.000000201. The quantitative estimate of drug-likeness (QED) is 0.0856. The largest absolute Gasteiger partial charge is 0.452 e. The van der Waals surface area contributed by atoms with E-state index in [9.17, 15) is 22.8 Å². The average molecular weight is 1090 g/mol. The Morgan fingerprint density at radius 1 is 0.544 bits per heavy atom. The maximum Gasteiger partial charge on any atom is 0.189 e. The van der Waals surface area contributed by atoms with Crippen molar-refractivity contribution >= 4 is 50.9 Å². The van der Waals surface area contributed by atoms with Crippen LogP contribution < -0.4 is 14.8 Å². The number of aromatic nitrogens is 8. The van der Waals surface area contributed by atoms with Crippen LogP contribution in [-0.4, -0.2) is 66.1 Å². The Labute approximate surface area is 457 Å². The summed E-state index contributed by atoms with van der Waals surface area (Å²) < 4.78 is 84.2. The molecule has 0 aliphatic carbocycles. The second-order valence-corrected chi connectivity index (χ2v) is 18.4. The molecular formula is C60H49ClF5N9O4. The lowest BCUT2D eigenvalue weighted by Gasteiger charge is -2.15. The van der Waals surface area contributed by atoms with Crippen molar-refractivity contribution in [3.8, 4) is 45.3 Å². The van der Waals surface area contributed by atoms with Gasteiger partial charge in [0.05, 0.1) is 41.7 Å². The normalized spacial score (nSPS) is 11.0. The topological polar surface area (TPSA) is 168 Å². The van der Waals surface area contributed by atoms with Crippen LogP contribution in [0.2, 0.25) is 5.02 Å². The van der Waals surface area contributed by atoms with Crippen LogP contribution in [0.15, 0.2) is 122 Å². The summed E-state index contributed by atoms with van der Waals surface area (Å²) in [4.78, 5) is 44.1. The molecule has 6 aromatic heterocycles. The summed E-state index contributed by atoms with van der Waals surface area (Å²) in [5.41, 5.74) is 10.9. The molecule has 0 fully saturated rings. The number of aryl methyl sites for hydroxylation is 6. The first-order valence-corrected chi connectivity index (χ1v) is 24.6. The van der Waals surface area contributed by atoms with E-state index in [1.807, 2.05) is 39.8 Å². The highest BCUT2D eigenvalue weighted by Gasteiger charge is 2.24. The van der Waals surface area contributed by atoms with E-state index < -0.39 is 30.4 Å². The second-order valence-electron chi connectivity index (χ2n) is 18.0. The highest BCUT2D eigenvalue weighted by atomic mass is 35.5. The number of carbonyl (C=O) groups is 2. The Kier molecular flexibility index (Phi) is 16.9. The number of rotatable bonds is 13. The number of benzene rings is 4. The Hall–Kier alpha value is -9.16. The maximum atomic E-state index is 15.1. The maximum absolute atomic E-state index is 15.1. The third-order valence-corrected chi connectivity index (χ3v) is 13.0. The lowest BCUT2D eigenvalue weighted by atomic mass is 9.98. The molecule has 0 unspecified atom stereocenters. The van der Waals surface area contributed by atoms with Gasteiger partial charge in [-0.25, -0.2) is 27.5 Å². The van der Waals surface area contributed by atoms with Gasteiger partial charge in [0.25, 0.3) is 0 Å². The standard InChI is InChI=1S/C30H25F2N5O2.C29H21ClF2N4O2.CH3F/c1-16-13-23-28(35-17(16)2)26(11-12-34-23)39-25-10-5-19(14-22(25)32)15-24(38)29-30(33-4)27(18(3)36-37-29)20-6-8-21(31)9-7-20;1-15-12-22-28(34-16(15)2)25(10-11-33-22)38-24-9-4-18(13-21(24)32)14-23(37)29-27(30)26(17(3)35-36-29)19-5-7-20(31)8-6-19;1-2/h5-14H,15H2,1-4H3,(H,33,36);4-13H,14H2,1-3H3;1H3/i;;1D. The zero-order chi connectivity index (χ0) is 57.4. The van der Waals surface area contributed by atoms with Crippen molar-refractivity contribution in [3.05, 3.63) is 206 Å². The molecule has 10 aromatic rings. The van der Waals surface area contributed by atoms with E-state index in [2.05, 4.69) is 45.6 Å². The van der Waals surface area contributed by atoms with E-state index >= 15 is 8.78 Å². The number of nitrogens with zero attached hydrogens (tertiary/aromatic N) is 8. The molecule has 13 nitrogen and oxygen atoms in total. The fourth-order valence-electron chi connectivity index (χ4n) is 8.44. The summed E-state index contributed by atoms with van der Waals surface area (Å²) in [5.74, 6) is -2.07. The number of fused-ring (bicyclic) bond motifs is 2. The number of hydrogen-bond donors (Lipinski definition) is 1. The number of alkyl halides is 1. The third kappa shape index (κ3) is 12.5. The van der Waals surface area contributed by atoms with E-state index in [4.69, 9.17) is 22.4 Å². The first kappa shape index (κ1) is 54.6. The summed E-state index contributed by atoms with van der Waals surface area (Å²) in [6.45, 7) is 11.1. The molecule has 0 aliphatic heterocycles. The third-order valence-electron chi connectivity index (χ3n) is 12.7. The van der Waals surface area contributed by atoms with Crippen molar-refractivity contribution in [3.63, 3.8) is 0 Å². The molecule has 0 saturated carbocycles. The molecule has 0 saturated heterocycles. The highest BCUT2D eigenvalue weighted by molar-refractivity contribution is 6.36. The van der Waals surface area contributed by atoms with Crippen LogP contribution in [0.25, 0.3) is 44.3 Å². The number of carbonyl (C=O) groups excluding carboxylic acids is 2. The molecule has 0 bridgehead atoms. The van der Waals surface area contributed by atoms with Crippen molar-refractivity contribution in [1.82, 2.24) is 40.3 Å². The molecule has 400 valence electrons. The van der Waals surface area contributed by atoms with Gasteiger partial charge in [-0.2, -0.15) is 10.2 Å². The van der Waals surface area contributed by atoms with Crippen LogP contribution in [0, 0.1) is 64.8 Å². The summed E-state index contributed by atoms with van der Waals surface area (Å²) in [5, 5.41) is 19.5. The molecule has 6 heterocycles. The predicted molar refractivity (Wildman–Crippen MR) is 293 cm³/mol. The van der Waals surface area contributed by atoms with Gasteiger partial charge in [0.2, 0.25) is 0 Å². The molecule has 1 N–H and O–H groups in total. The highest BCUT2D eigenvalue weighted by Crippen LogP contribution is 2.36. The molecule has 0 radical (unpaired) electrons. The van der Waals surface area contributed by atoms with E-state index in [0.29, 0.717) is 84.0 Å². The molecule has 0 spiro atoms. The Morgan fingerprint density at radius 2 is 0.962 bits per heavy atom. The summed E-state index contributed by atoms with van der Waals surface area (Å²) >= 11 is 6.54. The number of Topliss-reactive ketones (excluding diaryl/α,β-unsaturated/α-hetero) is 2. The van der Waals surface area contributed by atoms with Gasteiger partial charge in [0.1, 0.15) is 28.4 Å². The number of ether oxygens (including phenoxy) is 2. The Bertz CT molecular complexity index is 3970. The van der Waals surface area contributed by atoms with E-state index in [0.717, 1.165) is 22.5 Å². The lowest BCUT2D eigenvalue weighted by molar-refractivity contribution is 0.0979. The van der Waals surface area contributed by atoms with Crippen LogP contribution in [0.1, 0.15) is 67.4 Å². The van der Waals surface area contributed by atoms with Crippen molar-refractivity contribution < 1.29 is 42.4 Å². The fourth-order valence-corrected chi connectivity index (χ4v) is 8.83. The van der Waals surface area contributed by atoms with Crippen LogP contribution in [0.4, 0.5) is 27.6 Å². The van der Waals surface area contributed by atoms with Crippen molar-refractivity contribution in [1.29, 1.82) is 0 Å². The molecule has 79 heavy (non-hydrogen) atoms. The van der Waals surface area contributed by atoms with E-state index in [1.54, 1.807) is 81.8 Å². The van der Waals surface area contributed by atoms with Crippen LogP contribution in [-0.2, 0) is 12.8 Å². The number of nitrogens with one attached hydrogen (secondary N) is 1. The number of halogens is 6. The molecule has 0 amide bonds. The first-order valence-electron chi connectivity index (χ1n) is 25.0. The minimum absolute atomic E-state index is 0.00312. The number of pyridine rings is 4. The zero-order valence-electron chi connectivity index (χ0n) is 44.6. The fraction of sp³-hybridized carbons (Fsp3) is 0.167. The van der Waals surface area contributed by atoms with Crippen molar-refractivity contribution in [2.24, 2.45) is 0 Å². The van der Waals surface area contributed by atoms with Crippen LogP contribution in [0.3, 0.4) is 0 Å². The van der Waals surface area contributed by atoms with Gasteiger partial charge >= 0.3 is 0 Å². The number of anilines is 1.